The van der Waals surface area contributed by atoms with Gasteiger partial charge in [0.2, 0.25) is 0 Å². The number of hydrogen-bond donors (Lipinski definition) is 1. The molecule has 7 heteroatoms. The van der Waals surface area contributed by atoms with E-state index < -0.39 is 5.97 Å². The van der Waals surface area contributed by atoms with Gasteiger partial charge in [0, 0.05) is 43.0 Å². The molecule has 0 spiro atoms. The van der Waals surface area contributed by atoms with E-state index in [0.29, 0.717) is 5.82 Å². The summed E-state index contributed by atoms with van der Waals surface area (Å²) in [5, 5.41) is 13.3. The topological polar surface area (TPSA) is 85.8 Å². The Balaban J connectivity index is 2.04. The number of imidazole rings is 1. The minimum Gasteiger partial charge on any atom is -0.477 e. The van der Waals surface area contributed by atoms with Crippen LogP contribution >= 0.6 is 0 Å². The van der Waals surface area contributed by atoms with Crippen molar-refractivity contribution < 1.29 is 9.90 Å². The fourth-order valence-corrected chi connectivity index (χ4v) is 2.01. The number of aromatic carboxylic acids is 1. The average molecular weight is 283 g/mol. The second-order valence-electron chi connectivity index (χ2n) is 4.63. The van der Waals surface area contributed by atoms with Crippen molar-refractivity contribution in [2.45, 2.75) is 6.92 Å². The van der Waals surface area contributed by atoms with Gasteiger partial charge in [0.1, 0.15) is 11.5 Å². The van der Waals surface area contributed by atoms with Crippen LogP contribution in [0.5, 0.6) is 0 Å². The highest BCUT2D eigenvalue weighted by atomic mass is 16.4. The predicted molar refractivity (Wildman–Crippen MR) is 75.3 cm³/mol. The van der Waals surface area contributed by atoms with Crippen molar-refractivity contribution in [3.63, 3.8) is 0 Å². The summed E-state index contributed by atoms with van der Waals surface area (Å²) in [6.45, 7) is 1.97. The maximum atomic E-state index is 10.8. The number of carbonyl (C=O) groups is 1. The largest absolute Gasteiger partial charge is 0.477 e. The summed E-state index contributed by atoms with van der Waals surface area (Å²) in [7, 11) is 1.87. The minimum absolute atomic E-state index is 0.00513. The molecule has 1 N–H and O–H groups in total. The fourth-order valence-electron chi connectivity index (χ4n) is 2.01. The van der Waals surface area contributed by atoms with Crippen molar-refractivity contribution in [3.05, 3.63) is 48.2 Å². The zero-order chi connectivity index (χ0) is 15.0. The Bertz CT molecular complexity index is 782. The quantitative estimate of drug-likeness (QED) is 0.790. The van der Waals surface area contributed by atoms with Gasteiger partial charge >= 0.3 is 5.97 Å². The summed E-state index contributed by atoms with van der Waals surface area (Å²) in [6.07, 6.45) is 4.98. The van der Waals surface area contributed by atoms with Crippen molar-refractivity contribution in [2.24, 2.45) is 7.05 Å². The number of nitrogens with zero attached hydrogens (tertiary/aromatic N) is 5. The summed E-state index contributed by atoms with van der Waals surface area (Å²) < 4.78 is 3.62. The van der Waals surface area contributed by atoms with E-state index >= 15 is 0 Å². The SMILES string of the molecule is Cc1cc(-n2ccnc2-c2ccc(C(=O)O)nc2)nn1C. The lowest BCUT2D eigenvalue weighted by atomic mass is 10.2. The van der Waals surface area contributed by atoms with Crippen LogP contribution in [0.25, 0.3) is 17.2 Å². The monoisotopic (exact) mass is 283 g/mol. The Hall–Kier alpha value is -2.96. The first-order valence-electron chi connectivity index (χ1n) is 6.30. The Labute approximate surface area is 120 Å². The van der Waals surface area contributed by atoms with Crippen LogP contribution < -0.4 is 0 Å². The molecular weight excluding hydrogens is 270 g/mol. The van der Waals surface area contributed by atoms with Crippen LogP contribution in [0, 0.1) is 6.92 Å². The highest BCUT2D eigenvalue weighted by molar-refractivity contribution is 5.85. The van der Waals surface area contributed by atoms with Crippen molar-refractivity contribution in [1.29, 1.82) is 0 Å². The molecule has 0 atom stereocenters. The predicted octanol–water partition coefficient (Wildman–Crippen LogP) is 1.67. The lowest BCUT2D eigenvalue weighted by Gasteiger charge is -2.04. The zero-order valence-electron chi connectivity index (χ0n) is 11.6. The molecule has 0 saturated heterocycles. The van der Waals surface area contributed by atoms with Gasteiger partial charge in [-0.2, -0.15) is 5.10 Å². The van der Waals surface area contributed by atoms with Gasteiger partial charge < -0.3 is 5.11 Å². The number of carboxylic acid groups (broad SMARTS) is 1. The number of aromatic nitrogens is 5. The zero-order valence-corrected chi connectivity index (χ0v) is 11.6. The fraction of sp³-hybridized carbons (Fsp3) is 0.143. The molecule has 0 saturated carbocycles. The molecule has 0 bridgehead atoms. The number of pyridine rings is 1. The second-order valence-corrected chi connectivity index (χ2v) is 4.63. The molecule has 0 unspecified atom stereocenters. The van der Waals surface area contributed by atoms with E-state index in [9.17, 15) is 4.79 Å². The molecule has 106 valence electrons. The normalized spacial score (nSPS) is 10.8. The van der Waals surface area contributed by atoms with E-state index in [0.717, 1.165) is 17.1 Å². The molecule has 0 aliphatic carbocycles. The lowest BCUT2D eigenvalue weighted by molar-refractivity contribution is 0.0690. The molecule has 0 aliphatic rings. The molecule has 0 aliphatic heterocycles. The van der Waals surface area contributed by atoms with Gasteiger partial charge in [-0.15, -0.1) is 0 Å². The highest BCUT2D eigenvalue weighted by Gasteiger charge is 2.12. The summed E-state index contributed by atoms with van der Waals surface area (Å²) in [4.78, 5) is 19.0. The summed E-state index contributed by atoms with van der Waals surface area (Å²) in [5.41, 5.74) is 1.77. The minimum atomic E-state index is -1.05. The summed E-state index contributed by atoms with van der Waals surface area (Å²) >= 11 is 0. The van der Waals surface area contributed by atoms with Gasteiger partial charge in [0.05, 0.1) is 0 Å². The smallest absolute Gasteiger partial charge is 0.354 e. The lowest BCUT2D eigenvalue weighted by Crippen LogP contribution is -2.02. The maximum absolute atomic E-state index is 10.8. The number of aryl methyl sites for hydroxylation is 2. The van der Waals surface area contributed by atoms with Gasteiger partial charge in [-0.05, 0) is 19.1 Å². The molecule has 3 rings (SSSR count). The maximum Gasteiger partial charge on any atom is 0.354 e. The van der Waals surface area contributed by atoms with E-state index in [4.69, 9.17) is 5.11 Å². The van der Waals surface area contributed by atoms with E-state index in [2.05, 4.69) is 15.1 Å². The Morgan fingerprint density at radius 2 is 2.10 bits per heavy atom. The summed E-state index contributed by atoms with van der Waals surface area (Å²) in [6, 6.07) is 5.09. The number of carboxylic acids is 1. The van der Waals surface area contributed by atoms with Crippen molar-refractivity contribution in [2.75, 3.05) is 0 Å². The van der Waals surface area contributed by atoms with Crippen LogP contribution in [0.1, 0.15) is 16.2 Å². The van der Waals surface area contributed by atoms with Gasteiger partial charge in [-0.25, -0.2) is 14.8 Å². The Kier molecular flexibility index (Phi) is 3.02. The van der Waals surface area contributed by atoms with E-state index in [1.807, 2.05) is 30.8 Å². The number of hydrogen-bond acceptors (Lipinski definition) is 4. The first-order chi connectivity index (χ1) is 10.1. The Morgan fingerprint density at radius 3 is 2.67 bits per heavy atom. The van der Waals surface area contributed by atoms with Gasteiger partial charge in [0.15, 0.2) is 5.82 Å². The standard InChI is InChI=1S/C14H13N5O2/c1-9-7-12(17-18(9)2)19-6-5-15-13(19)10-3-4-11(14(20)21)16-8-10/h3-8H,1-2H3,(H,20,21). The molecule has 3 aromatic heterocycles. The van der Waals surface area contributed by atoms with E-state index in [1.165, 1.54) is 12.3 Å². The van der Waals surface area contributed by atoms with Crippen LogP contribution in [-0.2, 0) is 7.05 Å². The molecule has 0 radical (unpaired) electrons. The van der Waals surface area contributed by atoms with Crippen molar-refractivity contribution in [1.82, 2.24) is 24.3 Å². The van der Waals surface area contributed by atoms with Gasteiger partial charge in [-0.1, -0.05) is 0 Å². The van der Waals surface area contributed by atoms with Gasteiger partial charge in [-0.3, -0.25) is 9.25 Å². The Morgan fingerprint density at radius 1 is 1.29 bits per heavy atom. The molecule has 0 fully saturated rings. The van der Waals surface area contributed by atoms with Crippen LogP contribution in [0.2, 0.25) is 0 Å². The van der Waals surface area contributed by atoms with E-state index in [-0.39, 0.29) is 5.69 Å². The van der Waals surface area contributed by atoms with Crippen molar-refractivity contribution in [3.8, 4) is 17.2 Å². The first-order valence-corrected chi connectivity index (χ1v) is 6.30. The molecule has 0 amide bonds. The molecule has 21 heavy (non-hydrogen) atoms. The molecule has 3 aromatic rings. The molecular formula is C14H13N5O2. The highest BCUT2D eigenvalue weighted by Crippen LogP contribution is 2.20. The van der Waals surface area contributed by atoms with E-state index in [1.54, 1.807) is 16.9 Å². The third-order valence-electron chi connectivity index (χ3n) is 3.23. The first kappa shape index (κ1) is 13.0. The molecule has 0 aromatic carbocycles. The van der Waals surface area contributed by atoms with Crippen LogP contribution in [0.4, 0.5) is 0 Å². The van der Waals surface area contributed by atoms with Crippen LogP contribution in [0.15, 0.2) is 36.8 Å². The second kappa shape index (κ2) is 4.86. The van der Waals surface area contributed by atoms with Crippen LogP contribution in [0.3, 0.4) is 0 Å². The average Bonchev–Trinajstić information content (AvgIpc) is 3.06. The molecule has 3 heterocycles. The summed E-state index contributed by atoms with van der Waals surface area (Å²) in [5.74, 6) is 0.368. The van der Waals surface area contributed by atoms with Crippen LogP contribution in [-0.4, -0.2) is 35.4 Å². The van der Waals surface area contributed by atoms with Gasteiger partial charge in [0.25, 0.3) is 0 Å². The molecule has 7 nitrogen and oxygen atoms in total. The third kappa shape index (κ3) is 2.29. The van der Waals surface area contributed by atoms with Crippen molar-refractivity contribution >= 4 is 5.97 Å². The number of rotatable bonds is 3. The third-order valence-corrected chi connectivity index (χ3v) is 3.23.